The van der Waals surface area contributed by atoms with Gasteiger partial charge in [0, 0.05) is 60.5 Å². The van der Waals surface area contributed by atoms with Crippen molar-refractivity contribution in [1.29, 1.82) is 0 Å². The molecule has 68 heavy (non-hydrogen) atoms. The van der Waals surface area contributed by atoms with Gasteiger partial charge in [0.25, 0.3) is 24.4 Å². The van der Waals surface area contributed by atoms with Crippen LogP contribution in [0.2, 0.25) is 10.0 Å². The van der Waals surface area contributed by atoms with Gasteiger partial charge in [-0.25, -0.2) is 9.59 Å². The van der Waals surface area contributed by atoms with Crippen LogP contribution in [0.15, 0.2) is 97.1 Å². The molecule has 4 atom stereocenters. The van der Waals surface area contributed by atoms with E-state index in [0.29, 0.717) is 59.2 Å². The lowest BCUT2D eigenvalue weighted by Crippen LogP contribution is -2.57. The van der Waals surface area contributed by atoms with Crippen LogP contribution < -0.4 is 29.9 Å². The minimum atomic E-state index is -1.13. The zero-order valence-electron chi connectivity index (χ0n) is 37.8. The summed E-state index contributed by atoms with van der Waals surface area (Å²) in [6, 6.07) is 26.7. The molecule has 0 aromatic heterocycles. The lowest BCUT2D eigenvalue weighted by atomic mass is 9.84. The Kier molecular flexibility index (Phi) is 13.8. The molecule has 8 heterocycles. The predicted molar refractivity (Wildman–Crippen MR) is 259 cm³/mol. The molecule has 0 spiro atoms. The van der Waals surface area contributed by atoms with Gasteiger partial charge in [0.15, 0.2) is 11.5 Å². The number of benzene rings is 4. The number of fused-ring (bicyclic) bond motifs is 8. The number of nitrogens with zero attached hydrogens (tertiary/aromatic N) is 4. The van der Waals surface area contributed by atoms with Crippen molar-refractivity contribution in [2.75, 3.05) is 75.2 Å². The van der Waals surface area contributed by atoms with Gasteiger partial charge in [-0.05, 0) is 112 Å². The maximum Gasteiger partial charge on any atom is 0.334 e. The molecule has 6 saturated heterocycles. The van der Waals surface area contributed by atoms with Crippen molar-refractivity contribution in [3.8, 4) is 11.5 Å². The summed E-state index contributed by atoms with van der Waals surface area (Å²) < 4.78 is 24.3. The summed E-state index contributed by atoms with van der Waals surface area (Å²) in [6.45, 7) is 7.03. The molecule has 16 heteroatoms. The maximum absolute atomic E-state index is 14.0. The Morgan fingerprint density at radius 3 is 1.34 bits per heavy atom. The second-order valence-corrected chi connectivity index (χ2v) is 19.6. The summed E-state index contributed by atoms with van der Waals surface area (Å²) in [6.07, 6.45) is 5.15. The molecule has 4 unspecified atom stereocenters. The maximum atomic E-state index is 14.0. The molecule has 2 N–H and O–H groups in total. The van der Waals surface area contributed by atoms with E-state index in [9.17, 15) is 19.2 Å². The molecule has 6 fully saturated rings. The Balaban J connectivity index is 0.835. The molecule has 14 nitrogen and oxygen atoms in total. The van der Waals surface area contributed by atoms with Gasteiger partial charge in [0.2, 0.25) is 0 Å². The first-order chi connectivity index (χ1) is 33.1. The lowest BCUT2D eigenvalue weighted by molar-refractivity contribution is -0.160. The van der Waals surface area contributed by atoms with Gasteiger partial charge in [0.1, 0.15) is 0 Å². The zero-order chi connectivity index (χ0) is 46.7. The minimum Gasteiger partial charge on any atom is -0.450 e. The van der Waals surface area contributed by atoms with Crippen LogP contribution in [0.5, 0.6) is 11.5 Å². The number of nitrogens with one attached hydrogen (secondary N) is 2. The third-order valence-corrected chi connectivity index (χ3v) is 14.7. The Morgan fingerprint density at radius 1 is 0.574 bits per heavy atom. The molecule has 0 aliphatic carbocycles. The normalized spacial score (nSPS) is 25.7. The summed E-state index contributed by atoms with van der Waals surface area (Å²) in [5, 5.41) is 7.25. The van der Waals surface area contributed by atoms with E-state index < -0.39 is 24.5 Å². The van der Waals surface area contributed by atoms with Crippen molar-refractivity contribution in [2.24, 2.45) is 11.8 Å². The molecular weight excluding hydrogens is 908 g/mol. The average molecular weight is 964 g/mol. The molecule has 4 bridgehead atoms. The molecule has 12 rings (SSSR count). The van der Waals surface area contributed by atoms with Crippen molar-refractivity contribution in [1.82, 2.24) is 20.4 Å². The third-order valence-electron chi connectivity index (χ3n) is 14.3. The summed E-state index contributed by atoms with van der Waals surface area (Å²) in [5.41, 5.74) is 3.95. The van der Waals surface area contributed by atoms with Crippen LogP contribution in [0.1, 0.15) is 57.5 Å². The minimum absolute atomic E-state index is 0.00177. The van der Waals surface area contributed by atoms with Gasteiger partial charge in [-0.15, -0.1) is 0 Å². The molecular formula is C52H56Cl2N6O8. The number of esters is 2. The number of ether oxygens (including phenoxy) is 4. The van der Waals surface area contributed by atoms with E-state index in [2.05, 4.69) is 20.4 Å². The van der Waals surface area contributed by atoms with Crippen molar-refractivity contribution in [3.05, 3.63) is 129 Å². The second kappa shape index (κ2) is 20.4. The number of halogens is 2. The summed E-state index contributed by atoms with van der Waals surface area (Å²) in [7, 11) is 0. The van der Waals surface area contributed by atoms with Gasteiger partial charge in [0.05, 0.1) is 35.6 Å². The number of piperidine rings is 6. The smallest absolute Gasteiger partial charge is 0.334 e. The first-order valence-corrected chi connectivity index (χ1v) is 24.6. The molecule has 4 aromatic carbocycles. The number of hydrogen-bond donors (Lipinski definition) is 2. The van der Waals surface area contributed by atoms with Crippen LogP contribution in [0.3, 0.4) is 0 Å². The molecule has 0 saturated carbocycles. The highest BCUT2D eigenvalue weighted by atomic mass is 35.5. The molecule has 4 aromatic rings. The number of anilines is 2. The third kappa shape index (κ3) is 10.6. The monoisotopic (exact) mass is 962 g/mol. The molecule has 8 aliphatic rings. The van der Waals surface area contributed by atoms with Crippen LogP contribution in [-0.2, 0) is 31.9 Å². The number of amides is 2. The van der Waals surface area contributed by atoms with Crippen molar-refractivity contribution < 1.29 is 38.1 Å². The van der Waals surface area contributed by atoms with Gasteiger partial charge < -0.3 is 49.2 Å². The molecule has 356 valence electrons. The van der Waals surface area contributed by atoms with E-state index in [1.165, 1.54) is 0 Å². The van der Waals surface area contributed by atoms with Crippen LogP contribution >= 0.6 is 23.2 Å². The van der Waals surface area contributed by atoms with E-state index in [-0.39, 0.29) is 59.6 Å². The Hall–Kier alpha value is -5.80. The van der Waals surface area contributed by atoms with E-state index in [4.69, 9.17) is 42.1 Å². The fourth-order valence-electron chi connectivity index (χ4n) is 10.7. The summed E-state index contributed by atoms with van der Waals surface area (Å²) >= 11 is 13.4. The standard InChI is InChI=1S/C52H56Cl2N6O8/c53-37-25-39(51(63)55-41-29-57-19-15-35(41)16-20-57)49-43(27-37)59(23-13-33-7-3-1-4-8-33)31-47(67-49)65-45(61)11-12-46(62)66-48-32-60(24-14-34-9-5-2-6-10-34)44-28-38(54)26-40(50(44)68-48)52(64)56-42-30-58-21-17-36(42)18-22-58/h1-12,25-28,35-36,41-42,47-48H,13-24,29-32H2,(H,55,63)(H,56,64)/b12-11+. The molecule has 0 radical (unpaired) electrons. The van der Waals surface area contributed by atoms with Gasteiger partial charge in [-0.1, -0.05) is 83.9 Å². The fraction of sp³-hybridized carbons (Fsp3) is 0.423. The van der Waals surface area contributed by atoms with E-state index in [1.807, 2.05) is 70.5 Å². The van der Waals surface area contributed by atoms with Crippen molar-refractivity contribution in [2.45, 2.75) is 63.2 Å². The predicted octanol–water partition coefficient (Wildman–Crippen LogP) is 6.52. The van der Waals surface area contributed by atoms with Crippen LogP contribution in [-0.4, -0.2) is 124 Å². The Morgan fingerprint density at radius 2 is 0.971 bits per heavy atom. The van der Waals surface area contributed by atoms with Crippen LogP contribution in [0, 0.1) is 11.8 Å². The second-order valence-electron chi connectivity index (χ2n) is 18.7. The number of carbonyl (C=O) groups excluding carboxylic acids is 4. The van der Waals surface area contributed by atoms with E-state index >= 15 is 0 Å². The number of hydrogen-bond acceptors (Lipinski definition) is 12. The largest absolute Gasteiger partial charge is 0.450 e. The summed E-state index contributed by atoms with van der Waals surface area (Å²) in [5.74, 6) is -1.00. The van der Waals surface area contributed by atoms with Gasteiger partial charge in [-0.3, -0.25) is 9.59 Å². The van der Waals surface area contributed by atoms with E-state index in [0.717, 1.165) is 88.2 Å². The van der Waals surface area contributed by atoms with Crippen LogP contribution in [0.4, 0.5) is 11.4 Å². The van der Waals surface area contributed by atoms with Crippen molar-refractivity contribution >= 4 is 58.3 Å². The number of rotatable bonds is 14. The first-order valence-electron chi connectivity index (χ1n) is 23.8. The fourth-order valence-corrected chi connectivity index (χ4v) is 11.1. The zero-order valence-corrected chi connectivity index (χ0v) is 39.3. The Labute approximate surface area is 406 Å². The lowest BCUT2D eigenvalue weighted by Gasteiger charge is -2.45. The highest BCUT2D eigenvalue weighted by Crippen LogP contribution is 2.42. The number of carbonyl (C=O) groups is 4. The van der Waals surface area contributed by atoms with Crippen molar-refractivity contribution in [3.63, 3.8) is 0 Å². The molecule has 2 amide bonds. The summed E-state index contributed by atoms with van der Waals surface area (Å²) in [4.78, 5) is 63.8. The highest BCUT2D eigenvalue weighted by Gasteiger charge is 2.39. The quantitative estimate of drug-likeness (QED) is 0.105. The highest BCUT2D eigenvalue weighted by molar-refractivity contribution is 6.32. The van der Waals surface area contributed by atoms with Crippen LogP contribution in [0.25, 0.3) is 0 Å². The first kappa shape index (κ1) is 46.0. The Bertz CT molecular complexity index is 2360. The SMILES string of the molecule is O=C(/C=C/C(=O)OC1CN(CCc2ccccc2)c2cc(Cl)cc(C(=O)NC3CN4CCC3CC4)c2O1)OC1CN(CCc2ccccc2)c2cc(Cl)cc(C(=O)NC3CN4CCC3CC4)c2O1. The van der Waals surface area contributed by atoms with Gasteiger partial charge >= 0.3 is 11.9 Å². The van der Waals surface area contributed by atoms with Gasteiger partial charge in [-0.2, -0.15) is 0 Å². The average Bonchev–Trinajstić information content (AvgIpc) is 3.35. The molecule has 8 aliphatic heterocycles. The topological polar surface area (TPSA) is 142 Å². The van der Waals surface area contributed by atoms with E-state index in [1.54, 1.807) is 24.3 Å².